The lowest BCUT2D eigenvalue weighted by atomic mass is 10.2. The van der Waals surface area contributed by atoms with Crippen LogP contribution in [0, 0.1) is 0 Å². The lowest BCUT2D eigenvalue weighted by molar-refractivity contribution is 0.0343. The van der Waals surface area contributed by atoms with Gasteiger partial charge in [-0.3, -0.25) is 9.88 Å². The zero-order chi connectivity index (χ0) is 11.9. The van der Waals surface area contributed by atoms with Gasteiger partial charge >= 0.3 is 0 Å². The Bertz CT molecular complexity index is 312. The van der Waals surface area contributed by atoms with Crippen LogP contribution in [-0.4, -0.2) is 48.8 Å². The van der Waals surface area contributed by atoms with Gasteiger partial charge in [0.05, 0.1) is 18.9 Å². The van der Waals surface area contributed by atoms with Crippen LogP contribution in [-0.2, 0) is 11.3 Å². The highest BCUT2D eigenvalue weighted by Gasteiger charge is 2.13. The summed E-state index contributed by atoms with van der Waals surface area (Å²) in [6.07, 6.45) is 1.84. The van der Waals surface area contributed by atoms with Crippen molar-refractivity contribution >= 4 is 0 Å². The number of nitrogens with one attached hydrogen (secondary N) is 1. The first-order chi connectivity index (χ1) is 8.34. The first kappa shape index (κ1) is 12.5. The standard InChI is InChI=1S/C13H21N3O/c1-12(11-16-6-8-17-9-7-16)15-10-13-4-2-3-5-14-13/h2-5,12,15H,6-11H2,1H3. The first-order valence-electron chi connectivity index (χ1n) is 6.28. The van der Waals surface area contributed by atoms with Gasteiger partial charge in [0.2, 0.25) is 0 Å². The van der Waals surface area contributed by atoms with E-state index in [0.29, 0.717) is 6.04 Å². The van der Waals surface area contributed by atoms with Crippen LogP contribution < -0.4 is 5.32 Å². The van der Waals surface area contributed by atoms with Gasteiger partial charge in [-0.25, -0.2) is 0 Å². The van der Waals surface area contributed by atoms with Crippen molar-refractivity contribution in [3.8, 4) is 0 Å². The molecule has 0 spiro atoms. The van der Waals surface area contributed by atoms with Gasteiger partial charge in [-0.15, -0.1) is 0 Å². The fourth-order valence-electron chi connectivity index (χ4n) is 2.02. The predicted octanol–water partition coefficient (Wildman–Crippen LogP) is 0.892. The second-order valence-electron chi connectivity index (χ2n) is 4.52. The Morgan fingerprint density at radius 1 is 1.41 bits per heavy atom. The van der Waals surface area contributed by atoms with E-state index >= 15 is 0 Å². The molecule has 1 atom stereocenters. The summed E-state index contributed by atoms with van der Waals surface area (Å²) in [7, 11) is 0. The summed E-state index contributed by atoms with van der Waals surface area (Å²) in [5, 5.41) is 3.50. The Labute approximate surface area is 103 Å². The van der Waals surface area contributed by atoms with Crippen LogP contribution in [0.2, 0.25) is 0 Å². The van der Waals surface area contributed by atoms with E-state index in [1.54, 1.807) is 0 Å². The topological polar surface area (TPSA) is 37.4 Å². The van der Waals surface area contributed by atoms with Crippen LogP contribution in [0.1, 0.15) is 12.6 Å². The van der Waals surface area contributed by atoms with Crippen LogP contribution in [0.5, 0.6) is 0 Å². The summed E-state index contributed by atoms with van der Waals surface area (Å²) in [4.78, 5) is 6.75. The number of morpholine rings is 1. The lowest BCUT2D eigenvalue weighted by Gasteiger charge is -2.29. The van der Waals surface area contributed by atoms with E-state index in [-0.39, 0.29) is 0 Å². The average Bonchev–Trinajstić information content (AvgIpc) is 2.39. The number of rotatable bonds is 5. The Balaban J connectivity index is 1.68. The quantitative estimate of drug-likeness (QED) is 0.822. The monoisotopic (exact) mass is 235 g/mol. The number of pyridine rings is 1. The molecule has 1 aromatic rings. The highest BCUT2D eigenvalue weighted by Crippen LogP contribution is 1.99. The number of hydrogen-bond acceptors (Lipinski definition) is 4. The molecule has 2 rings (SSSR count). The third kappa shape index (κ3) is 4.42. The molecule has 1 N–H and O–H groups in total. The predicted molar refractivity (Wildman–Crippen MR) is 67.8 cm³/mol. The van der Waals surface area contributed by atoms with Crippen LogP contribution in [0.4, 0.5) is 0 Å². The molecule has 94 valence electrons. The van der Waals surface area contributed by atoms with E-state index in [1.165, 1.54) is 0 Å². The van der Waals surface area contributed by atoms with Crippen molar-refractivity contribution in [3.05, 3.63) is 30.1 Å². The number of nitrogens with zero attached hydrogens (tertiary/aromatic N) is 2. The molecule has 2 heterocycles. The molecule has 4 nitrogen and oxygen atoms in total. The maximum absolute atomic E-state index is 5.34. The molecule has 1 unspecified atom stereocenters. The fourth-order valence-corrected chi connectivity index (χ4v) is 2.02. The van der Waals surface area contributed by atoms with Gasteiger partial charge in [-0.05, 0) is 19.1 Å². The van der Waals surface area contributed by atoms with Crippen molar-refractivity contribution in [3.63, 3.8) is 0 Å². The molecule has 1 fully saturated rings. The molecule has 4 heteroatoms. The molecule has 0 aromatic carbocycles. The second-order valence-corrected chi connectivity index (χ2v) is 4.52. The Morgan fingerprint density at radius 3 is 2.94 bits per heavy atom. The highest BCUT2D eigenvalue weighted by molar-refractivity contribution is 5.03. The minimum Gasteiger partial charge on any atom is -0.379 e. The molecule has 1 saturated heterocycles. The van der Waals surface area contributed by atoms with Crippen molar-refractivity contribution in [1.82, 2.24) is 15.2 Å². The van der Waals surface area contributed by atoms with Gasteiger partial charge in [0.15, 0.2) is 0 Å². The third-order valence-corrected chi connectivity index (χ3v) is 2.99. The average molecular weight is 235 g/mol. The summed E-state index contributed by atoms with van der Waals surface area (Å²) < 4.78 is 5.34. The molecular weight excluding hydrogens is 214 g/mol. The molecule has 0 radical (unpaired) electrons. The van der Waals surface area contributed by atoms with Crippen LogP contribution >= 0.6 is 0 Å². The van der Waals surface area contributed by atoms with Crippen molar-refractivity contribution in [2.45, 2.75) is 19.5 Å². The second kappa shape index (κ2) is 6.69. The Morgan fingerprint density at radius 2 is 2.24 bits per heavy atom. The van der Waals surface area contributed by atoms with E-state index in [2.05, 4.69) is 28.2 Å². The van der Waals surface area contributed by atoms with Gasteiger partial charge in [-0.2, -0.15) is 0 Å². The molecule has 17 heavy (non-hydrogen) atoms. The maximum atomic E-state index is 5.34. The van der Waals surface area contributed by atoms with Crippen molar-refractivity contribution in [2.24, 2.45) is 0 Å². The first-order valence-corrected chi connectivity index (χ1v) is 6.28. The fraction of sp³-hybridized carbons (Fsp3) is 0.615. The minimum absolute atomic E-state index is 0.482. The van der Waals surface area contributed by atoms with E-state index in [1.807, 2.05) is 18.3 Å². The minimum atomic E-state index is 0.482. The Hall–Kier alpha value is -0.970. The maximum Gasteiger partial charge on any atom is 0.0594 e. The van der Waals surface area contributed by atoms with Crippen LogP contribution in [0.3, 0.4) is 0 Å². The van der Waals surface area contributed by atoms with Gasteiger partial charge < -0.3 is 10.1 Å². The van der Waals surface area contributed by atoms with E-state index in [9.17, 15) is 0 Å². The molecule has 1 aliphatic heterocycles. The summed E-state index contributed by atoms with van der Waals surface area (Å²) in [5.74, 6) is 0. The van der Waals surface area contributed by atoms with Crippen molar-refractivity contribution in [1.29, 1.82) is 0 Å². The van der Waals surface area contributed by atoms with Crippen molar-refractivity contribution in [2.75, 3.05) is 32.8 Å². The summed E-state index contributed by atoms with van der Waals surface area (Å²) >= 11 is 0. The van der Waals surface area contributed by atoms with E-state index in [0.717, 1.165) is 45.1 Å². The summed E-state index contributed by atoms with van der Waals surface area (Å²) in [5.41, 5.74) is 1.10. The van der Waals surface area contributed by atoms with Gasteiger partial charge in [-0.1, -0.05) is 6.07 Å². The Kier molecular flexibility index (Phi) is 4.91. The van der Waals surface area contributed by atoms with Crippen LogP contribution in [0.15, 0.2) is 24.4 Å². The molecule has 0 aliphatic carbocycles. The highest BCUT2D eigenvalue weighted by atomic mass is 16.5. The van der Waals surface area contributed by atoms with E-state index in [4.69, 9.17) is 4.74 Å². The van der Waals surface area contributed by atoms with Crippen LogP contribution in [0.25, 0.3) is 0 Å². The molecule has 1 aromatic heterocycles. The molecule has 1 aliphatic rings. The van der Waals surface area contributed by atoms with Crippen molar-refractivity contribution < 1.29 is 4.74 Å². The molecule has 0 bridgehead atoms. The number of aromatic nitrogens is 1. The van der Waals surface area contributed by atoms with Gasteiger partial charge in [0.1, 0.15) is 0 Å². The van der Waals surface area contributed by atoms with Gasteiger partial charge in [0, 0.05) is 38.4 Å². The SMILES string of the molecule is CC(CN1CCOCC1)NCc1ccccn1. The number of hydrogen-bond donors (Lipinski definition) is 1. The summed E-state index contributed by atoms with van der Waals surface area (Å²) in [6, 6.07) is 6.50. The third-order valence-electron chi connectivity index (χ3n) is 2.99. The zero-order valence-electron chi connectivity index (χ0n) is 10.4. The largest absolute Gasteiger partial charge is 0.379 e. The molecule has 0 saturated carbocycles. The smallest absolute Gasteiger partial charge is 0.0594 e. The zero-order valence-corrected chi connectivity index (χ0v) is 10.4. The number of ether oxygens (including phenoxy) is 1. The lowest BCUT2D eigenvalue weighted by Crippen LogP contribution is -2.44. The normalized spacial score (nSPS) is 19.1. The van der Waals surface area contributed by atoms with Gasteiger partial charge in [0.25, 0.3) is 0 Å². The molecule has 0 amide bonds. The molecular formula is C13H21N3O. The van der Waals surface area contributed by atoms with E-state index < -0.39 is 0 Å². The summed E-state index contributed by atoms with van der Waals surface area (Å²) in [6.45, 7) is 7.98.